The zero-order valence-electron chi connectivity index (χ0n) is 6.78. The van der Waals surface area contributed by atoms with E-state index in [-0.39, 0.29) is 0 Å². The van der Waals surface area contributed by atoms with Gasteiger partial charge in [0.15, 0.2) is 0 Å². The molecule has 0 radical (unpaired) electrons. The molecule has 0 bridgehead atoms. The fourth-order valence-corrected chi connectivity index (χ4v) is 0.382. The topological polar surface area (TPSA) is 9.23 Å². The molecule has 0 spiro atoms. The molecule has 0 aromatic carbocycles. The summed E-state index contributed by atoms with van der Waals surface area (Å²) in [6.45, 7) is 1.72. The fraction of sp³-hybridized carbons (Fsp3) is 0.714. The maximum Gasteiger partial charge on any atom is 0.358 e. The minimum atomic E-state index is -3.34. The van der Waals surface area contributed by atoms with Gasteiger partial charge in [-0.05, 0) is 0 Å². The van der Waals surface area contributed by atoms with Crippen molar-refractivity contribution < 1.29 is 22.3 Å². The molecule has 0 aliphatic rings. The number of ether oxygens (including phenoxy) is 1. The van der Waals surface area contributed by atoms with Crippen molar-refractivity contribution in [1.82, 2.24) is 0 Å². The van der Waals surface area contributed by atoms with E-state index in [4.69, 9.17) is 0 Å². The van der Waals surface area contributed by atoms with E-state index in [0.29, 0.717) is 6.08 Å². The van der Waals surface area contributed by atoms with Gasteiger partial charge < -0.3 is 4.74 Å². The highest BCUT2D eigenvalue weighted by atomic mass is 19.3. The van der Waals surface area contributed by atoms with Crippen molar-refractivity contribution in [2.24, 2.45) is 5.92 Å². The highest BCUT2D eigenvalue weighted by molar-refractivity contribution is 4.80. The molecular weight excluding hydrogens is 176 g/mol. The minimum Gasteiger partial charge on any atom is -0.316 e. The molecule has 0 aromatic rings. The normalized spacial score (nSPS) is 11.9. The summed E-state index contributed by atoms with van der Waals surface area (Å²) < 4.78 is 51.6. The van der Waals surface area contributed by atoms with Gasteiger partial charge in [0.25, 0.3) is 6.08 Å². The Labute approximate surface area is 68.0 Å². The van der Waals surface area contributed by atoms with E-state index in [9.17, 15) is 17.6 Å². The molecule has 12 heavy (non-hydrogen) atoms. The summed E-state index contributed by atoms with van der Waals surface area (Å²) in [4.78, 5) is 0. The summed E-state index contributed by atoms with van der Waals surface area (Å²) in [6.07, 6.45) is -5.06. The standard InChI is InChI=1S/C7H10F4O/c1-5(2)7(10,11)12-4-3-6(8)9/h3,5H,4H2,1-2H3. The SMILES string of the molecule is CC(C)C(F)(F)OCC=C(F)F. The van der Waals surface area contributed by atoms with E-state index in [1.54, 1.807) is 0 Å². The molecule has 0 aromatic heterocycles. The summed E-state index contributed by atoms with van der Waals surface area (Å²) >= 11 is 0. The lowest BCUT2D eigenvalue weighted by Gasteiger charge is -2.18. The van der Waals surface area contributed by atoms with E-state index >= 15 is 0 Å². The van der Waals surface area contributed by atoms with Crippen LogP contribution in [-0.4, -0.2) is 12.7 Å². The van der Waals surface area contributed by atoms with Crippen LogP contribution in [0.2, 0.25) is 0 Å². The first-order valence-electron chi connectivity index (χ1n) is 3.39. The molecule has 72 valence electrons. The molecule has 1 nitrogen and oxygen atoms in total. The monoisotopic (exact) mass is 186 g/mol. The Morgan fingerprint density at radius 2 is 1.92 bits per heavy atom. The van der Waals surface area contributed by atoms with Crippen LogP contribution < -0.4 is 0 Å². The predicted octanol–water partition coefficient (Wildman–Crippen LogP) is 3.03. The molecule has 0 amide bonds. The van der Waals surface area contributed by atoms with Crippen LogP contribution in [-0.2, 0) is 4.74 Å². The van der Waals surface area contributed by atoms with Gasteiger partial charge >= 0.3 is 6.11 Å². The molecule has 0 atom stereocenters. The summed E-state index contributed by atoms with van der Waals surface area (Å²) in [7, 11) is 0. The van der Waals surface area contributed by atoms with Crippen LogP contribution in [0.4, 0.5) is 17.6 Å². The van der Waals surface area contributed by atoms with Crippen molar-refractivity contribution in [1.29, 1.82) is 0 Å². The van der Waals surface area contributed by atoms with E-state index < -0.39 is 24.7 Å². The summed E-state index contributed by atoms with van der Waals surface area (Å²) in [5.74, 6) is -1.02. The van der Waals surface area contributed by atoms with Crippen LogP contribution in [0, 0.1) is 5.92 Å². The highest BCUT2D eigenvalue weighted by Crippen LogP contribution is 2.25. The smallest absolute Gasteiger partial charge is 0.316 e. The first-order valence-corrected chi connectivity index (χ1v) is 3.39. The Morgan fingerprint density at radius 3 is 2.25 bits per heavy atom. The second-order valence-corrected chi connectivity index (χ2v) is 2.52. The van der Waals surface area contributed by atoms with Crippen molar-refractivity contribution >= 4 is 0 Å². The van der Waals surface area contributed by atoms with Crippen LogP contribution in [0.5, 0.6) is 0 Å². The van der Waals surface area contributed by atoms with Crippen molar-refractivity contribution in [2.45, 2.75) is 20.0 Å². The molecule has 0 heterocycles. The van der Waals surface area contributed by atoms with Gasteiger partial charge in [-0.3, -0.25) is 0 Å². The van der Waals surface area contributed by atoms with Crippen molar-refractivity contribution in [2.75, 3.05) is 6.61 Å². The lowest BCUT2D eigenvalue weighted by atomic mass is 10.2. The number of hydrogen-bond donors (Lipinski definition) is 0. The number of hydrogen-bond acceptors (Lipinski definition) is 1. The van der Waals surface area contributed by atoms with Crippen LogP contribution in [0.1, 0.15) is 13.8 Å². The Morgan fingerprint density at radius 1 is 1.42 bits per heavy atom. The molecule has 0 saturated heterocycles. The molecular formula is C7H10F4O. The Bertz CT molecular complexity index is 161. The zero-order chi connectivity index (χ0) is 9.78. The Hall–Kier alpha value is -0.580. The predicted molar refractivity (Wildman–Crippen MR) is 36.0 cm³/mol. The summed E-state index contributed by atoms with van der Waals surface area (Å²) in [5, 5.41) is 0. The first-order chi connectivity index (χ1) is 5.36. The largest absolute Gasteiger partial charge is 0.358 e. The van der Waals surface area contributed by atoms with Gasteiger partial charge in [0, 0.05) is 12.0 Å². The van der Waals surface area contributed by atoms with Gasteiger partial charge in [-0.2, -0.15) is 17.6 Å². The summed E-state index contributed by atoms with van der Waals surface area (Å²) in [6, 6.07) is 0. The molecule has 0 aliphatic heterocycles. The lowest BCUT2D eigenvalue weighted by molar-refractivity contribution is -0.259. The van der Waals surface area contributed by atoms with Crippen LogP contribution >= 0.6 is 0 Å². The number of alkyl halides is 2. The average molecular weight is 186 g/mol. The van der Waals surface area contributed by atoms with Gasteiger partial charge in [-0.25, -0.2) is 0 Å². The third-order valence-corrected chi connectivity index (χ3v) is 1.19. The van der Waals surface area contributed by atoms with Crippen molar-refractivity contribution in [3.63, 3.8) is 0 Å². The molecule has 0 rings (SSSR count). The molecule has 0 unspecified atom stereocenters. The third-order valence-electron chi connectivity index (χ3n) is 1.19. The number of rotatable bonds is 4. The lowest BCUT2D eigenvalue weighted by Crippen LogP contribution is -2.27. The molecule has 0 saturated carbocycles. The quantitative estimate of drug-likeness (QED) is 0.613. The highest BCUT2D eigenvalue weighted by Gasteiger charge is 2.33. The van der Waals surface area contributed by atoms with E-state index in [0.717, 1.165) is 0 Å². The minimum absolute atomic E-state index is 0.302. The maximum atomic E-state index is 12.5. The van der Waals surface area contributed by atoms with Gasteiger partial charge in [0.05, 0.1) is 6.61 Å². The molecule has 0 fully saturated rings. The van der Waals surface area contributed by atoms with E-state index in [1.807, 2.05) is 0 Å². The van der Waals surface area contributed by atoms with Crippen molar-refractivity contribution in [3.05, 3.63) is 12.2 Å². The van der Waals surface area contributed by atoms with Crippen molar-refractivity contribution in [3.8, 4) is 0 Å². The fourth-order valence-electron chi connectivity index (χ4n) is 0.382. The second kappa shape index (κ2) is 4.45. The average Bonchev–Trinajstić information content (AvgIpc) is 1.85. The van der Waals surface area contributed by atoms with Gasteiger partial charge in [0.2, 0.25) is 0 Å². The van der Waals surface area contributed by atoms with Gasteiger partial charge in [0.1, 0.15) is 0 Å². The van der Waals surface area contributed by atoms with E-state index in [1.165, 1.54) is 13.8 Å². The third kappa shape index (κ3) is 4.33. The first kappa shape index (κ1) is 11.4. The Kier molecular flexibility index (Phi) is 4.23. The summed E-state index contributed by atoms with van der Waals surface area (Å²) in [5.41, 5.74) is 0. The van der Waals surface area contributed by atoms with Gasteiger partial charge in [-0.1, -0.05) is 13.8 Å². The van der Waals surface area contributed by atoms with Crippen LogP contribution in [0.25, 0.3) is 0 Å². The number of halogens is 4. The van der Waals surface area contributed by atoms with Gasteiger partial charge in [-0.15, -0.1) is 0 Å². The Balaban J connectivity index is 3.84. The molecule has 0 aliphatic carbocycles. The molecule has 0 N–H and O–H groups in total. The van der Waals surface area contributed by atoms with E-state index in [2.05, 4.69) is 4.74 Å². The second-order valence-electron chi connectivity index (χ2n) is 2.52. The molecule has 5 heteroatoms. The van der Waals surface area contributed by atoms with Crippen LogP contribution in [0.15, 0.2) is 12.2 Å². The van der Waals surface area contributed by atoms with Crippen LogP contribution in [0.3, 0.4) is 0 Å². The maximum absolute atomic E-state index is 12.5. The zero-order valence-corrected chi connectivity index (χ0v) is 6.78.